The van der Waals surface area contributed by atoms with E-state index in [0.29, 0.717) is 31.4 Å². The van der Waals surface area contributed by atoms with Gasteiger partial charge in [0.1, 0.15) is 0 Å². The first-order chi connectivity index (χ1) is 7.57. The number of carboxylic acids is 1. The maximum absolute atomic E-state index is 11.9. The third kappa shape index (κ3) is 1.33. The van der Waals surface area contributed by atoms with Gasteiger partial charge in [-0.05, 0) is 19.3 Å². The van der Waals surface area contributed by atoms with Crippen molar-refractivity contribution in [3.8, 4) is 5.88 Å². The molecule has 0 saturated heterocycles. The molecule has 2 rings (SSSR count). The standard InChI is InChI=1S/C10H14N2O4/c1-2-6-8(13)11-5-3-4-7(10(15)16)12(11)9(6)14/h7,13H,2-5H2,1H3,(H,15,16). The van der Waals surface area contributed by atoms with Crippen LogP contribution in [0.15, 0.2) is 4.79 Å². The van der Waals surface area contributed by atoms with E-state index in [1.165, 1.54) is 9.36 Å². The van der Waals surface area contributed by atoms with E-state index < -0.39 is 12.0 Å². The van der Waals surface area contributed by atoms with Crippen LogP contribution in [0.5, 0.6) is 5.88 Å². The molecular formula is C10H14N2O4. The molecule has 88 valence electrons. The average molecular weight is 226 g/mol. The van der Waals surface area contributed by atoms with Crippen LogP contribution in [0.1, 0.15) is 31.4 Å². The minimum atomic E-state index is -1.02. The topological polar surface area (TPSA) is 84.5 Å². The fourth-order valence-corrected chi connectivity index (χ4v) is 2.22. The molecule has 6 nitrogen and oxygen atoms in total. The van der Waals surface area contributed by atoms with Crippen molar-refractivity contribution in [1.82, 2.24) is 9.36 Å². The van der Waals surface area contributed by atoms with Crippen LogP contribution in [0.4, 0.5) is 0 Å². The number of aromatic hydroxyl groups is 1. The lowest BCUT2D eigenvalue weighted by Crippen LogP contribution is -2.36. The van der Waals surface area contributed by atoms with Crippen molar-refractivity contribution in [2.75, 3.05) is 0 Å². The van der Waals surface area contributed by atoms with Crippen LogP contribution < -0.4 is 5.56 Å². The Balaban J connectivity index is 2.65. The number of aromatic nitrogens is 2. The van der Waals surface area contributed by atoms with Crippen LogP contribution in [0.3, 0.4) is 0 Å². The lowest BCUT2D eigenvalue weighted by Gasteiger charge is -2.23. The van der Waals surface area contributed by atoms with Crippen molar-refractivity contribution in [2.45, 2.75) is 38.8 Å². The maximum Gasteiger partial charge on any atom is 0.328 e. The molecule has 1 atom stereocenters. The highest BCUT2D eigenvalue weighted by Gasteiger charge is 2.31. The van der Waals surface area contributed by atoms with Gasteiger partial charge in [-0.15, -0.1) is 0 Å². The van der Waals surface area contributed by atoms with Gasteiger partial charge in [-0.2, -0.15) is 0 Å². The van der Waals surface area contributed by atoms with Crippen LogP contribution in [-0.2, 0) is 17.8 Å². The summed E-state index contributed by atoms with van der Waals surface area (Å²) in [6.07, 6.45) is 1.49. The molecule has 2 heterocycles. The van der Waals surface area contributed by atoms with Crippen LogP contribution in [0, 0.1) is 0 Å². The molecule has 0 aliphatic carbocycles. The smallest absolute Gasteiger partial charge is 0.328 e. The molecule has 0 fully saturated rings. The summed E-state index contributed by atoms with van der Waals surface area (Å²) in [5.41, 5.74) is -0.0831. The normalized spacial score (nSPS) is 19.4. The molecule has 1 unspecified atom stereocenters. The lowest BCUT2D eigenvalue weighted by molar-refractivity contribution is -0.142. The van der Waals surface area contributed by atoms with Gasteiger partial charge in [-0.25, -0.2) is 9.48 Å². The minimum absolute atomic E-state index is 0.0848. The van der Waals surface area contributed by atoms with Gasteiger partial charge < -0.3 is 10.2 Å². The van der Waals surface area contributed by atoms with E-state index in [9.17, 15) is 14.7 Å². The quantitative estimate of drug-likeness (QED) is 0.761. The lowest BCUT2D eigenvalue weighted by atomic mass is 10.1. The fourth-order valence-electron chi connectivity index (χ4n) is 2.22. The Morgan fingerprint density at radius 2 is 2.25 bits per heavy atom. The first-order valence-corrected chi connectivity index (χ1v) is 5.33. The highest BCUT2D eigenvalue weighted by atomic mass is 16.4. The van der Waals surface area contributed by atoms with Gasteiger partial charge in [0.05, 0.1) is 5.56 Å². The van der Waals surface area contributed by atoms with Gasteiger partial charge in [0.25, 0.3) is 5.56 Å². The molecular weight excluding hydrogens is 212 g/mol. The van der Waals surface area contributed by atoms with Crippen molar-refractivity contribution in [1.29, 1.82) is 0 Å². The summed E-state index contributed by atoms with van der Waals surface area (Å²) < 4.78 is 2.55. The van der Waals surface area contributed by atoms with E-state index >= 15 is 0 Å². The molecule has 2 N–H and O–H groups in total. The number of rotatable bonds is 2. The maximum atomic E-state index is 11.9. The largest absolute Gasteiger partial charge is 0.493 e. The molecule has 0 bridgehead atoms. The molecule has 0 spiro atoms. The summed E-state index contributed by atoms with van der Waals surface area (Å²) in [7, 11) is 0. The van der Waals surface area contributed by atoms with E-state index in [2.05, 4.69) is 0 Å². The van der Waals surface area contributed by atoms with Gasteiger partial charge in [0, 0.05) is 6.54 Å². The summed E-state index contributed by atoms with van der Waals surface area (Å²) in [5.74, 6) is -1.11. The van der Waals surface area contributed by atoms with Gasteiger partial charge in [-0.1, -0.05) is 6.92 Å². The Bertz CT molecular complexity index is 486. The first kappa shape index (κ1) is 10.8. The van der Waals surface area contributed by atoms with Crippen molar-refractivity contribution in [3.63, 3.8) is 0 Å². The van der Waals surface area contributed by atoms with Gasteiger partial charge in [-0.3, -0.25) is 9.48 Å². The summed E-state index contributed by atoms with van der Waals surface area (Å²) in [6.45, 7) is 2.25. The van der Waals surface area contributed by atoms with E-state index in [1.807, 2.05) is 0 Å². The van der Waals surface area contributed by atoms with Gasteiger partial charge in [0.2, 0.25) is 5.88 Å². The fraction of sp³-hybridized carbons (Fsp3) is 0.600. The molecule has 1 aliphatic rings. The number of hydrogen-bond acceptors (Lipinski definition) is 3. The third-order valence-electron chi connectivity index (χ3n) is 3.02. The number of hydrogen-bond donors (Lipinski definition) is 2. The molecule has 16 heavy (non-hydrogen) atoms. The second kappa shape index (κ2) is 3.70. The second-order valence-electron chi connectivity index (χ2n) is 3.92. The second-order valence-corrected chi connectivity index (χ2v) is 3.92. The Morgan fingerprint density at radius 3 is 2.81 bits per heavy atom. The van der Waals surface area contributed by atoms with Gasteiger partial charge >= 0.3 is 5.97 Å². The van der Waals surface area contributed by atoms with E-state index in [0.717, 1.165) is 0 Å². The van der Waals surface area contributed by atoms with Crippen LogP contribution in [-0.4, -0.2) is 25.5 Å². The first-order valence-electron chi connectivity index (χ1n) is 5.33. The Kier molecular flexibility index (Phi) is 2.49. The van der Waals surface area contributed by atoms with Crippen LogP contribution in [0.2, 0.25) is 0 Å². The molecule has 6 heteroatoms. The molecule has 0 saturated carbocycles. The Morgan fingerprint density at radius 1 is 1.56 bits per heavy atom. The van der Waals surface area contributed by atoms with Crippen molar-refractivity contribution in [2.24, 2.45) is 0 Å². The van der Waals surface area contributed by atoms with E-state index in [1.54, 1.807) is 6.92 Å². The summed E-state index contributed by atoms with van der Waals surface area (Å²) >= 11 is 0. The molecule has 0 aromatic carbocycles. The number of aliphatic carboxylic acids is 1. The van der Waals surface area contributed by atoms with Crippen molar-refractivity contribution >= 4 is 5.97 Å². The predicted octanol–water partition coefficient (Wildman–Crippen LogP) is 0.337. The molecule has 0 radical (unpaired) electrons. The molecule has 1 aliphatic heterocycles. The summed E-state index contributed by atoms with van der Waals surface area (Å²) in [4.78, 5) is 22.9. The highest BCUT2D eigenvalue weighted by molar-refractivity contribution is 5.71. The summed E-state index contributed by atoms with van der Waals surface area (Å²) in [6, 6.07) is -0.854. The summed E-state index contributed by atoms with van der Waals surface area (Å²) in [5, 5.41) is 18.8. The SMILES string of the molecule is CCc1c(O)n2n(c1=O)C(C(=O)O)CCC2. The van der Waals surface area contributed by atoms with Crippen LogP contribution >= 0.6 is 0 Å². The van der Waals surface area contributed by atoms with E-state index in [-0.39, 0.29) is 11.4 Å². The monoisotopic (exact) mass is 226 g/mol. The number of carboxylic acid groups (broad SMARTS) is 1. The number of fused-ring (bicyclic) bond motifs is 1. The van der Waals surface area contributed by atoms with Crippen molar-refractivity contribution < 1.29 is 15.0 Å². The number of nitrogens with zero attached hydrogens (tertiary/aromatic N) is 2. The highest BCUT2D eigenvalue weighted by Crippen LogP contribution is 2.25. The van der Waals surface area contributed by atoms with Gasteiger partial charge in [0.15, 0.2) is 6.04 Å². The zero-order valence-corrected chi connectivity index (χ0v) is 9.01. The van der Waals surface area contributed by atoms with Crippen LogP contribution in [0.25, 0.3) is 0 Å². The van der Waals surface area contributed by atoms with Crippen molar-refractivity contribution in [3.05, 3.63) is 15.9 Å². The molecule has 1 aromatic heterocycles. The average Bonchev–Trinajstić information content (AvgIpc) is 2.51. The third-order valence-corrected chi connectivity index (χ3v) is 3.02. The molecule has 0 amide bonds. The zero-order chi connectivity index (χ0) is 11.9. The van der Waals surface area contributed by atoms with E-state index in [4.69, 9.17) is 5.11 Å². The predicted molar refractivity (Wildman–Crippen MR) is 55.6 cm³/mol. The Labute approximate surface area is 91.7 Å². The number of carbonyl (C=O) groups is 1. The Hall–Kier alpha value is -1.72. The molecule has 1 aromatic rings. The minimum Gasteiger partial charge on any atom is -0.493 e. The zero-order valence-electron chi connectivity index (χ0n) is 9.01.